The third kappa shape index (κ3) is 4.92. The van der Waals surface area contributed by atoms with Crippen LogP contribution in [0.3, 0.4) is 0 Å². The first-order valence-electron chi connectivity index (χ1n) is 12.0. The zero-order valence-corrected chi connectivity index (χ0v) is 22.7. The molecule has 36 heavy (non-hydrogen) atoms. The van der Waals surface area contributed by atoms with E-state index < -0.39 is 9.84 Å². The summed E-state index contributed by atoms with van der Waals surface area (Å²) in [4.78, 5) is 21.3. The summed E-state index contributed by atoms with van der Waals surface area (Å²) in [6, 6.07) is 8.38. The van der Waals surface area contributed by atoms with Crippen molar-refractivity contribution in [1.29, 1.82) is 0 Å². The third-order valence-electron chi connectivity index (χ3n) is 6.72. The van der Waals surface area contributed by atoms with E-state index >= 15 is 0 Å². The van der Waals surface area contributed by atoms with E-state index in [0.29, 0.717) is 23.4 Å². The Labute approximate surface area is 215 Å². The standard InChI is InChI=1S/C26H30N6O2S2/c1-15(2)19-6-7-22(32-13-18(16(32)3)14-36(5,33)34)21-11-29-25(10-20(19)21)30-24-8-9-27-26(31-24)23-12-28-17(4)35-23/h6-12,15-16,18H,13-14H2,1-5H3,(H,27,29,30,31)/t16-,18-/m0/s1. The molecule has 0 amide bonds. The zero-order valence-electron chi connectivity index (χ0n) is 21.1. The zero-order chi connectivity index (χ0) is 25.6. The molecule has 5 rings (SSSR count). The van der Waals surface area contributed by atoms with Crippen LogP contribution in [-0.2, 0) is 9.84 Å². The van der Waals surface area contributed by atoms with Gasteiger partial charge in [-0.2, -0.15) is 0 Å². The van der Waals surface area contributed by atoms with E-state index in [4.69, 9.17) is 4.98 Å². The maximum absolute atomic E-state index is 11.8. The van der Waals surface area contributed by atoms with E-state index in [-0.39, 0.29) is 17.7 Å². The summed E-state index contributed by atoms with van der Waals surface area (Å²) < 4.78 is 23.6. The van der Waals surface area contributed by atoms with Crippen LogP contribution in [0.25, 0.3) is 21.5 Å². The molecule has 1 aliphatic heterocycles. The molecule has 2 atom stereocenters. The summed E-state index contributed by atoms with van der Waals surface area (Å²) in [7, 11) is -3.00. The fourth-order valence-electron chi connectivity index (χ4n) is 4.80. The predicted octanol–water partition coefficient (Wildman–Crippen LogP) is 5.19. The number of hydrogen-bond donors (Lipinski definition) is 1. The first-order chi connectivity index (χ1) is 17.1. The van der Waals surface area contributed by atoms with Crippen LogP contribution in [0, 0.1) is 12.8 Å². The second-order valence-electron chi connectivity index (χ2n) is 9.82. The Hall–Kier alpha value is -3.11. The molecule has 3 aromatic heterocycles. The highest BCUT2D eigenvalue weighted by molar-refractivity contribution is 7.90. The summed E-state index contributed by atoms with van der Waals surface area (Å²) in [5, 5.41) is 6.51. The SMILES string of the molecule is Cc1ncc(-c2nccc(Nc3cc4c(C(C)C)ccc(N5C[C@@H](CS(C)(=O)=O)[C@@H]5C)c4cn3)n2)s1. The Morgan fingerprint density at radius 3 is 2.58 bits per heavy atom. The number of anilines is 3. The number of aromatic nitrogens is 4. The van der Waals surface area contributed by atoms with Crippen LogP contribution >= 0.6 is 11.3 Å². The molecule has 1 aromatic carbocycles. The Morgan fingerprint density at radius 1 is 1.11 bits per heavy atom. The number of aryl methyl sites for hydroxylation is 1. The van der Waals surface area contributed by atoms with Crippen molar-refractivity contribution in [1.82, 2.24) is 19.9 Å². The summed E-state index contributed by atoms with van der Waals surface area (Å²) >= 11 is 1.56. The molecule has 1 aliphatic rings. The number of benzene rings is 1. The molecule has 1 saturated heterocycles. The number of sulfone groups is 1. The van der Waals surface area contributed by atoms with Gasteiger partial charge in [-0.1, -0.05) is 19.9 Å². The van der Waals surface area contributed by atoms with Crippen molar-refractivity contribution in [2.24, 2.45) is 5.92 Å². The molecule has 0 unspecified atom stereocenters. The number of fused-ring (bicyclic) bond motifs is 1. The lowest BCUT2D eigenvalue weighted by Crippen LogP contribution is -2.57. The quantitative estimate of drug-likeness (QED) is 0.354. The maximum Gasteiger partial charge on any atom is 0.173 e. The second-order valence-corrected chi connectivity index (χ2v) is 13.2. The van der Waals surface area contributed by atoms with E-state index in [0.717, 1.165) is 32.9 Å². The largest absolute Gasteiger partial charge is 0.368 e. The van der Waals surface area contributed by atoms with Crippen molar-refractivity contribution in [2.75, 3.05) is 28.8 Å². The Balaban J connectivity index is 1.46. The Bertz CT molecular complexity index is 1530. The molecular formula is C26H30N6O2S2. The van der Waals surface area contributed by atoms with Gasteiger partial charge in [0.05, 0.1) is 15.6 Å². The molecule has 0 aliphatic carbocycles. The van der Waals surface area contributed by atoms with Gasteiger partial charge in [-0.15, -0.1) is 11.3 Å². The van der Waals surface area contributed by atoms with Crippen LogP contribution in [0.15, 0.2) is 42.9 Å². The molecule has 8 nitrogen and oxygen atoms in total. The minimum Gasteiger partial charge on any atom is -0.368 e. The van der Waals surface area contributed by atoms with Gasteiger partial charge in [0.15, 0.2) is 5.82 Å². The van der Waals surface area contributed by atoms with Gasteiger partial charge >= 0.3 is 0 Å². The number of nitrogens with zero attached hydrogens (tertiary/aromatic N) is 5. The molecule has 1 N–H and O–H groups in total. The van der Waals surface area contributed by atoms with Gasteiger partial charge in [-0.25, -0.2) is 28.4 Å². The lowest BCUT2D eigenvalue weighted by molar-refractivity contribution is 0.342. The van der Waals surface area contributed by atoms with Crippen LogP contribution in [0.1, 0.15) is 37.3 Å². The number of thiazole rings is 1. The van der Waals surface area contributed by atoms with Crippen LogP contribution in [0.4, 0.5) is 17.3 Å². The van der Waals surface area contributed by atoms with Crippen molar-refractivity contribution >= 4 is 49.3 Å². The van der Waals surface area contributed by atoms with E-state index in [2.05, 4.69) is 64.1 Å². The molecule has 0 saturated carbocycles. The van der Waals surface area contributed by atoms with Crippen molar-refractivity contribution in [3.8, 4) is 10.7 Å². The fraction of sp³-hybridized carbons (Fsp3) is 0.385. The maximum atomic E-state index is 11.8. The molecule has 4 heterocycles. The summed E-state index contributed by atoms with van der Waals surface area (Å²) in [5.41, 5.74) is 2.33. The van der Waals surface area contributed by atoms with E-state index in [9.17, 15) is 8.42 Å². The molecule has 0 spiro atoms. The summed E-state index contributed by atoms with van der Waals surface area (Å²) in [6.07, 6.45) is 6.74. The van der Waals surface area contributed by atoms with Crippen LogP contribution < -0.4 is 10.2 Å². The number of pyridine rings is 1. The average Bonchev–Trinajstić information content (AvgIpc) is 3.26. The smallest absolute Gasteiger partial charge is 0.173 e. The predicted molar refractivity (Wildman–Crippen MR) is 147 cm³/mol. The van der Waals surface area contributed by atoms with Crippen LogP contribution in [-0.4, -0.2) is 52.9 Å². The highest BCUT2D eigenvalue weighted by Gasteiger charge is 2.38. The fourth-order valence-corrected chi connectivity index (χ4v) is 6.68. The minimum absolute atomic E-state index is 0.142. The van der Waals surface area contributed by atoms with Crippen molar-refractivity contribution < 1.29 is 8.42 Å². The molecular weight excluding hydrogens is 492 g/mol. The molecule has 1 fully saturated rings. The van der Waals surface area contributed by atoms with Gasteiger partial charge in [0.25, 0.3) is 0 Å². The van der Waals surface area contributed by atoms with Gasteiger partial charge in [0, 0.05) is 54.4 Å². The lowest BCUT2D eigenvalue weighted by atomic mass is 9.88. The van der Waals surface area contributed by atoms with Gasteiger partial charge in [0.1, 0.15) is 21.5 Å². The van der Waals surface area contributed by atoms with E-state index in [1.165, 1.54) is 11.8 Å². The van der Waals surface area contributed by atoms with E-state index in [1.807, 2.05) is 19.2 Å². The second kappa shape index (κ2) is 9.40. The highest BCUT2D eigenvalue weighted by Crippen LogP contribution is 2.39. The van der Waals surface area contributed by atoms with Gasteiger partial charge in [0.2, 0.25) is 0 Å². The molecule has 10 heteroatoms. The topological polar surface area (TPSA) is 101 Å². The molecule has 0 radical (unpaired) electrons. The number of hydrogen-bond acceptors (Lipinski definition) is 9. The van der Waals surface area contributed by atoms with Gasteiger partial charge < -0.3 is 10.2 Å². The first-order valence-corrected chi connectivity index (χ1v) is 14.9. The normalized spacial score (nSPS) is 18.0. The minimum atomic E-state index is -3.00. The first kappa shape index (κ1) is 24.6. The van der Waals surface area contributed by atoms with Crippen molar-refractivity contribution in [3.05, 3.63) is 53.4 Å². The number of rotatable bonds is 7. The molecule has 4 aromatic rings. The third-order valence-corrected chi connectivity index (χ3v) is 8.66. The summed E-state index contributed by atoms with van der Waals surface area (Å²) in [5.74, 6) is 2.71. The molecule has 188 valence electrons. The summed E-state index contributed by atoms with van der Waals surface area (Å²) in [6.45, 7) is 9.16. The van der Waals surface area contributed by atoms with E-state index in [1.54, 1.807) is 23.7 Å². The lowest BCUT2D eigenvalue weighted by Gasteiger charge is -2.48. The Kier molecular flexibility index (Phi) is 6.42. The van der Waals surface area contributed by atoms with Gasteiger partial charge in [-0.3, -0.25) is 0 Å². The molecule has 0 bridgehead atoms. The Morgan fingerprint density at radius 2 is 1.92 bits per heavy atom. The monoisotopic (exact) mass is 522 g/mol. The van der Waals surface area contributed by atoms with Crippen molar-refractivity contribution in [3.63, 3.8) is 0 Å². The van der Waals surface area contributed by atoms with Gasteiger partial charge in [-0.05, 0) is 48.9 Å². The average molecular weight is 523 g/mol. The number of nitrogens with one attached hydrogen (secondary N) is 1. The van der Waals surface area contributed by atoms with Crippen molar-refractivity contribution in [2.45, 2.75) is 39.7 Å². The van der Waals surface area contributed by atoms with Crippen LogP contribution in [0.2, 0.25) is 0 Å². The van der Waals surface area contributed by atoms with Crippen LogP contribution in [0.5, 0.6) is 0 Å². The highest BCUT2D eigenvalue weighted by atomic mass is 32.2.